The Kier molecular flexibility index (Phi) is 12.9. The van der Waals surface area contributed by atoms with Crippen molar-refractivity contribution in [3.8, 4) is 0 Å². The minimum atomic E-state index is -2.17. The first-order valence-corrected chi connectivity index (χ1v) is 10.8. The van der Waals surface area contributed by atoms with Gasteiger partial charge in [0.15, 0.2) is 6.73 Å². The Morgan fingerprint density at radius 2 is 1.80 bits per heavy atom. The molecule has 2 N–H and O–H groups in total. The van der Waals surface area contributed by atoms with E-state index >= 15 is 0 Å². The number of hydrogen-bond donors (Lipinski definition) is 1. The largest absolute Gasteiger partial charge is 0.698 e. The van der Waals surface area contributed by atoms with E-state index < -0.39 is 8.25 Å². The first kappa shape index (κ1) is 22.9. The maximum absolute atomic E-state index is 11.6. The molecule has 0 aromatic rings. The Labute approximate surface area is 154 Å². The van der Waals surface area contributed by atoms with Crippen LogP contribution in [-0.4, -0.2) is 39.3 Å². The number of nitrogens with two attached hydrogens (primary N) is 1. The summed E-state index contributed by atoms with van der Waals surface area (Å²) in [6, 6.07) is 0. The molecule has 5 atom stereocenters. The Balaban J connectivity index is 2.42. The molecule has 1 fully saturated rings. The second-order valence-electron chi connectivity index (χ2n) is 6.94. The lowest BCUT2D eigenvalue weighted by atomic mass is 9.84. The van der Waals surface area contributed by atoms with E-state index in [0.717, 1.165) is 12.8 Å². The molecule has 0 saturated carbocycles. The van der Waals surface area contributed by atoms with Crippen LogP contribution in [0.3, 0.4) is 0 Å². The second kappa shape index (κ2) is 14.0. The summed E-state index contributed by atoms with van der Waals surface area (Å²) in [5.74, 6) is 0.353. The van der Waals surface area contributed by atoms with E-state index in [9.17, 15) is 4.57 Å². The van der Waals surface area contributed by atoms with Crippen LogP contribution in [0.25, 0.3) is 0 Å². The molecule has 1 rings (SSSR count). The highest BCUT2D eigenvalue weighted by atomic mass is 31.1. The molecule has 0 aliphatic carbocycles. The van der Waals surface area contributed by atoms with Gasteiger partial charge in [-0.2, -0.15) is 0 Å². The molecule has 0 aromatic carbocycles. The van der Waals surface area contributed by atoms with Crippen LogP contribution in [0.1, 0.15) is 65.2 Å². The van der Waals surface area contributed by atoms with Gasteiger partial charge in [0.25, 0.3) is 0 Å². The SMILES string of the molecule is CCCCCCCCC[C@@H]1OC[C@H](C)C(OC)C1CO[P+](=O)OCN. The summed E-state index contributed by atoms with van der Waals surface area (Å²) in [4.78, 5) is 0. The Hall–Kier alpha value is -0.100. The summed E-state index contributed by atoms with van der Waals surface area (Å²) in [5.41, 5.74) is 5.23. The normalized spacial score (nSPS) is 27.4. The molecule has 7 heteroatoms. The smallest absolute Gasteiger partial charge is 0.381 e. The van der Waals surface area contributed by atoms with Gasteiger partial charge in [-0.05, 0) is 6.42 Å². The summed E-state index contributed by atoms with van der Waals surface area (Å²) in [6.45, 7) is 5.24. The molecule has 1 saturated heterocycles. The third-order valence-electron chi connectivity index (χ3n) is 4.95. The van der Waals surface area contributed by atoms with Gasteiger partial charge in [-0.1, -0.05) is 58.8 Å². The molecule has 0 aromatic heterocycles. The van der Waals surface area contributed by atoms with E-state index in [1.807, 2.05) is 0 Å². The fourth-order valence-electron chi connectivity index (χ4n) is 3.58. The minimum Gasteiger partial charge on any atom is -0.381 e. The van der Waals surface area contributed by atoms with Crippen LogP contribution in [-0.2, 0) is 23.1 Å². The summed E-state index contributed by atoms with van der Waals surface area (Å²) in [6.07, 6.45) is 10.1. The highest BCUT2D eigenvalue weighted by molar-refractivity contribution is 7.33. The monoisotopic (exact) mass is 378 g/mol. The molecule has 3 unspecified atom stereocenters. The Morgan fingerprint density at radius 1 is 1.12 bits per heavy atom. The first-order chi connectivity index (χ1) is 12.1. The Morgan fingerprint density at radius 3 is 2.44 bits per heavy atom. The number of ether oxygens (including phenoxy) is 2. The lowest BCUT2D eigenvalue weighted by molar-refractivity contribution is -0.147. The molecule has 0 spiro atoms. The molecule has 0 radical (unpaired) electrons. The molecule has 25 heavy (non-hydrogen) atoms. The van der Waals surface area contributed by atoms with Gasteiger partial charge in [-0.3, -0.25) is 0 Å². The number of methoxy groups -OCH3 is 1. The standard InChI is InChI=1S/C18H37NO5P/c1-4-5-6-7-8-9-10-11-17-16(13-23-25(20)24-14-19)18(21-3)15(2)12-22-17/h15-18H,4-14,19H2,1-3H3/q+1/t15-,16?,17-,18?/m0/s1. The molecule has 6 nitrogen and oxygen atoms in total. The van der Waals surface area contributed by atoms with Crippen molar-refractivity contribution in [2.75, 3.05) is 27.1 Å². The Bertz CT molecular complexity index is 358. The zero-order chi connectivity index (χ0) is 18.5. The fourth-order valence-corrected chi connectivity index (χ4v) is 4.07. The lowest BCUT2D eigenvalue weighted by Crippen LogP contribution is -2.47. The zero-order valence-corrected chi connectivity index (χ0v) is 17.0. The van der Waals surface area contributed by atoms with Crippen LogP contribution in [0.15, 0.2) is 0 Å². The van der Waals surface area contributed by atoms with Crippen molar-refractivity contribution in [1.82, 2.24) is 0 Å². The van der Waals surface area contributed by atoms with E-state index in [0.29, 0.717) is 13.2 Å². The van der Waals surface area contributed by atoms with Crippen LogP contribution >= 0.6 is 8.25 Å². The summed E-state index contributed by atoms with van der Waals surface area (Å²) in [7, 11) is -0.451. The average Bonchev–Trinajstić information content (AvgIpc) is 2.60. The molecular weight excluding hydrogens is 341 g/mol. The van der Waals surface area contributed by atoms with Gasteiger partial charge in [-0.15, -0.1) is 9.05 Å². The van der Waals surface area contributed by atoms with E-state index in [4.69, 9.17) is 24.3 Å². The van der Waals surface area contributed by atoms with Crippen LogP contribution in [0.2, 0.25) is 0 Å². The average molecular weight is 378 g/mol. The van der Waals surface area contributed by atoms with Gasteiger partial charge < -0.3 is 15.2 Å². The van der Waals surface area contributed by atoms with Crippen molar-refractivity contribution in [2.24, 2.45) is 17.6 Å². The fraction of sp³-hybridized carbons (Fsp3) is 1.00. The quantitative estimate of drug-likeness (QED) is 0.274. The molecule has 1 aliphatic heterocycles. The van der Waals surface area contributed by atoms with Crippen molar-refractivity contribution in [2.45, 2.75) is 77.4 Å². The third-order valence-corrected chi connectivity index (χ3v) is 5.67. The molecular formula is C18H37NO5P+. The van der Waals surface area contributed by atoms with Gasteiger partial charge in [0.2, 0.25) is 0 Å². The van der Waals surface area contributed by atoms with Crippen LogP contribution in [0.5, 0.6) is 0 Å². The number of unbranched alkanes of at least 4 members (excludes halogenated alkanes) is 6. The topological polar surface area (TPSA) is 80.0 Å². The van der Waals surface area contributed by atoms with Crippen LogP contribution in [0, 0.1) is 11.8 Å². The number of rotatable bonds is 14. The highest BCUT2D eigenvalue weighted by Gasteiger charge is 2.40. The highest BCUT2D eigenvalue weighted by Crippen LogP contribution is 2.34. The van der Waals surface area contributed by atoms with Gasteiger partial charge in [0.1, 0.15) is 6.61 Å². The van der Waals surface area contributed by atoms with Crippen molar-refractivity contribution in [3.05, 3.63) is 0 Å². The van der Waals surface area contributed by atoms with E-state index in [-0.39, 0.29) is 30.8 Å². The maximum atomic E-state index is 11.6. The lowest BCUT2D eigenvalue weighted by Gasteiger charge is -2.40. The van der Waals surface area contributed by atoms with Crippen molar-refractivity contribution < 1.29 is 23.1 Å². The van der Waals surface area contributed by atoms with Crippen LogP contribution in [0.4, 0.5) is 0 Å². The van der Waals surface area contributed by atoms with Crippen molar-refractivity contribution in [1.29, 1.82) is 0 Å². The minimum absolute atomic E-state index is 0.0459. The van der Waals surface area contributed by atoms with Crippen LogP contribution < -0.4 is 5.73 Å². The predicted molar refractivity (Wildman–Crippen MR) is 99.5 cm³/mol. The maximum Gasteiger partial charge on any atom is 0.698 e. The first-order valence-electron chi connectivity index (χ1n) is 9.71. The molecule has 1 heterocycles. The van der Waals surface area contributed by atoms with E-state index in [2.05, 4.69) is 13.8 Å². The van der Waals surface area contributed by atoms with Gasteiger partial charge in [-0.25, -0.2) is 0 Å². The summed E-state index contributed by atoms with van der Waals surface area (Å²) >= 11 is 0. The van der Waals surface area contributed by atoms with E-state index in [1.165, 1.54) is 38.5 Å². The molecule has 148 valence electrons. The third kappa shape index (κ3) is 8.89. The second-order valence-corrected chi connectivity index (χ2v) is 7.90. The zero-order valence-electron chi connectivity index (χ0n) is 16.2. The summed E-state index contributed by atoms with van der Waals surface area (Å²) < 4.78 is 33.5. The van der Waals surface area contributed by atoms with E-state index in [1.54, 1.807) is 7.11 Å². The van der Waals surface area contributed by atoms with Gasteiger partial charge in [0, 0.05) is 23.5 Å². The predicted octanol–water partition coefficient (Wildman–Crippen LogP) is 4.40. The van der Waals surface area contributed by atoms with Gasteiger partial charge >= 0.3 is 8.25 Å². The summed E-state index contributed by atoms with van der Waals surface area (Å²) in [5, 5.41) is 0. The molecule has 1 aliphatic rings. The van der Waals surface area contributed by atoms with Crippen molar-refractivity contribution in [3.63, 3.8) is 0 Å². The molecule has 0 bridgehead atoms. The van der Waals surface area contributed by atoms with Gasteiger partial charge in [0.05, 0.1) is 18.8 Å². The molecule has 0 amide bonds. The number of hydrogen-bond acceptors (Lipinski definition) is 6. The van der Waals surface area contributed by atoms with Crippen molar-refractivity contribution >= 4 is 8.25 Å².